The van der Waals surface area contributed by atoms with Crippen molar-refractivity contribution in [2.75, 3.05) is 12.3 Å². The Balaban J connectivity index is 1.64. The van der Waals surface area contributed by atoms with E-state index in [1.807, 2.05) is 0 Å². The van der Waals surface area contributed by atoms with Crippen LogP contribution < -0.4 is 10.0 Å². The highest BCUT2D eigenvalue weighted by Crippen LogP contribution is 2.20. The zero-order chi connectivity index (χ0) is 14.6. The molecule has 20 heavy (non-hydrogen) atoms. The van der Waals surface area contributed by atoms with Crippen LogP contribution in [0.4, 0.5) is 0 Å². The van der Waals surface area contributed by atoms with Gasteiger partial charge in [0.05, 0.1) is 5.75 Å². The molecule has 114 valence electrons. The summed E-state index contributed by atoms with van der Waals surface area (Å²) in [5.74, 6) is 0.225. The number of sulfonamides is 1. The van der Waals surface area contributed by atoms with Gasteiger partial charge in [-0.2, -0.15) is 0 Å². The molecule has 6 heteroatoms. The summed E-state index contributed by atoms with van der Waals surface area (Å²) in [5.41, 5.74) is 1.23. The normalized spacial score (nSPS) is 15.7. The summed E-state index contributed by atoms with van der Waals surface area (Å²) in [6, 6.07) is 2.76. The van der Waals surface area contributed by atoms with Gasteiger partial charge in [-0.15, -0.1) is 11.3 Å². The number of rotatable bonds is 9. The van der Waals surface area contributed by atoms with Crippen molar-refractivity contribution in [2.45, 2.75) is 52.1 Å². The first-order valence-corrected chi connectivity index (χ1v) is 9.70. The lowest BCUT2D eigenvalue weighted by atomic mass is 10.3. The predicted molar refractivity (Wildman–Crippen MR) is 84.7 cm³/mol. The highest BCUT2D eigenvalue weighted by Gasteiger charge is 2.19. The molecule has 0 unspecified atom stereocenters. The van der Waals surface area contributed by atoms with Crippen molar-refractivity contribution in [1.82, 2.24) is 10.0 Å². The Hall–Kier alpha value is -0.430. The molecule has 0 amide bonds. The summed E-state index contributed by atoms with van der Waals surface area (Å²) < 4.78 is 26.4. The molecule has 1 aliphatic rings. The van der Waals surface area contributed by atoms with Crippen LogP contribution in [0.15, 0.2) is 6.07 Å². The van der Waals surface area contributed by atoms with Crippen molar-refractivity contribution in [1.29, 1.82) is 0 Å². The van der Waals surface area contributed by atoms with Gasteiger partial charge in [-0.25, -0.2) is 13.1 Å². The van der Waals surface area contributed by atoms with Crippen molar-refractivity contribution in [3.05, 3.63) is 21.4 Å². The largest absolute Gasteiger partial charge is 0.314 e. The van der Waals surface area contributed by atoms with Gasteiger partial charge in [0.1, 0.15) is 0 Å². The standard InChI is InChI=1S/C14H24N2O2S2/c1-11-9-14(19-12(11)2)10-16-20(17,18)8-4-3-7-15-13-5-6-13/h9,13,15-16H,3-8,10H2,1-2H3. The van der Waals surface area contributed by atoms with Gasteiger partial charge in [0, 0.05) is 22.3 Å². The lowest BCUT2D eigenvalue weighted by Crippen LogP contribution is -2.26. The molecule has 0 atom stereocenters. The summed E-state index contributed by atoms with van der Waals surface area (Å²) >= 11 is 1.66. The highest BCUT2D eigenvalue weighted by molar-refractivity contribution is 7.89. The molecule has 2 rings (SSSR count). The summed E-state index contributed by atoms with van der Waals surface area (Å²) in [6.07, 6.45) is 4.20. The van der Waals surface area contributed by atoms with E-state index >= 15 is 0 Å². The van der Waals surface area contributed by atoms with E-state index in [4.69, 9.17) is 0 Å². The molecule has 1 aromatic heterocycles. The molecule has 0 bridgehead atoms. The highest BCUT2D eigenvalue weighted by atomic mass is 32.2. The average Bonchev–Trinajstić information content (AvgIpc) is 3.14. The fourth-order valence-corrected chi connectivity index (χ4v) is 4.19. The van der Waals surface area contributed by atoms with Gasteiger partial charge in [-0.1, -0.05) is 0 Å². The summed E-state index contributed by atoms with van der Waals surface area (Å²) in [6.45, 7) is 5.47. The van der Waals surface area contributed by atoms with Crippen molar-refractivity contribution >= 4 is 21.4 Å². The molecular weight excluding hydrogens is 292 g/mol. The predicted octanol–water partition coefficient (Wildman–Crippen LogP) is 2.32. The molecule has 0 aromatic carbocycles. The average molecular weight is 316 g/mol. The Bertz CT molecular complexity index is 514. The summed E-state index contributed by atoms with van der Waals surface area (Å²) in [5, 5.41) is 3.40. The van der Waals surface area contributed by atoms with Gasteiger partial charge >= 0.3 is 0 Å². The molecule has 0 saturated heterocycles. The first kappa shape index (κ1) is 15.9. The Morgan fingerprint density at radius 2 is 2.05 bits per heavy atom. The number of unbranched alkanes of at least 4 members (excludes halogenated alkanes) is 1. The van der Waals surface area contributed by atoms with Crippen LogP contribution in [0.3, 0.4) is 0 Å². The van der Waals surface area contributed by atoms with Gasteiger partial charge in [-0.05, 0) is 57.7 Å². The van der Waals surface area contributed by atoms with E-state index in [0.717, 1.165) is 24.3 Å². The molecule has 1 fully saturated rings. The van der Waals surface area contributed by atoms with E-state index in [1.54, 1.807) is 11.3 Å². The number of thiophene rings is 1. The van der Waals surface area contributed by atoms with Crippen molar-refractivity contribution < 1.29 is 8.42 Å². The van der Waals surface area contributed by atoms with Crippen molar-refractivity contribution in [3.8, 4) is 0 Å². The second kappa shape index (κ2) is 7.02. The summed E-state index contributed by atoms with van der Waals surface area (Å²) in [7, 11) is -3.14. The van der Waals surface area contributed by atoms with Gasteiger partial charge in [0.25, 0.3) is 0 Å². The quantitative estimate of drug-likeness (QED) is 0.687. The third-order valence-corrected chi connectivity index (χ3v) is 6.10. The van der Waals surface area contributed by atoms with Crippen LogP contribution in [0, 0.1) is 13.8 Å². The second-order valence-electron chi connectivity index (χ2n) is 5.53. The lowest BCUT2D eigenvalue weighted by molar-refractivity contribution is 0.573. The Morgan fingerprint density at radius 1 is 1.30 bits per heavy atom. The Morgan fingerprint density at radius 3 is 2.65 bits per heavy atom. The zero-order valence-corrected chi connectivity index (χ0v) is 13.9. The van der Waals surface area contributed by atoms with Crippen LogP contribution in [0.1, 0.15) is 41.0 Å². The van der Waals surface area contributed by atoms with E-state index in [-0.39, 0.29) is 5.75 Å². The van der Waals surface area contributed by atoms with Crippen molar-refractivity contribution in [2.24, 2.45) is 0 Å². The maximum atomic E-state index is 11.9. The van der Waals surface area contributed by atoms with E-state index in [2.05, 4.69) is 30.0 Å². The van der Waals surface area contributed by atoms with Crippen LogP contribution in [0.25, 0.3) is 0 Å². The fourth-order valence-electron chi connectivity index (χ4n) is 2.00. The third-order valence-electron chi connectivity index (χ3n) is 3.53. The molecule has 1 aliphatic carbocycles. The van der Waals surface area contributed by atoms with Crippen LogP contribution in [0.2, 0.25) is 0 Å². The van der Waals surface area contributed by atoms with E-state index in [9.17, 15) is 8.42 Å². The van der Waals surface area contributed by atoms with E-state index in [0.29, 0.717) is 12.6 Å². The third kappa shape index (κ3) is 5.52. The summed E-state index contributed by atoms with van der Waals surface area (Å²) in [4.78, 5) is 2.34. The Labute approximate surface area is 126 Å². The van der Waals surface area contributed by atoms with Gasteiger partial charge in [0.15, 0.2) is 0 Å². The van der Waals surface area contributed by atoms with Crippen LogP contribution in [-0.4, -0.2) is 26.8 Å². The van der Waals surface area contributed by atoms with Crippen LogP contribution in [0.5, 0.6) is 0 Å². The maximum Gasteiger partial charge on any atom is 0.211 e. The zero-order valence-electron chi connectivity index (χ0n) is 12.2. The topological polar surface area (TPSA) is 58.2 Å². The number of hydrogen-bond acceptors (Lipinski definition) is 4. The van der Waals surface area contributed by atoms with Gasteiger partial charge in [0.2, 0.25) is 10.0 Å². The number of nitrogens with one attached hydrogen (secondary N) is 2. The molecule has 2 N–H and O–H groups in total. The first-order chi connectivity index (χ1) is 9.46. The SMILES string of the molecule is Cc1cc(CNS(=O)(=O)CCCCNC2CC2)sc1C. The minimum atomic E-state index is -3.14. The molecular formula is C14H24N2O2S2. The monoisotopic (exact) mass is 316 g/mol. The lowest BCUT2D eigenvalue weighted by Gasteiger charge is -2.06. The van der Waals surface area contributed by atoms with Crippen molar-refractivity contribution in [3.63, 3.8) is 0 Å². The van der Waals surface area contributed by atoms with Crippen LogP contribution in [-0.2, 0) is 16.6 Å². The second-order valence-corrected chi connectivity index (χ2v) is 8.79. The molecule has 1 aromatic rings. The molecule has 0 spiro atoms. The Kier molecular flexibility index (Phi) is 5.60. The smallest absolute Gasteiger partial charge is 0.211 e. The number of hydrogen-bond donors (Lipinski definition) is 2. The first-order valence-electron chi connectivity index (χ1n) is 7.23. The van der Waals surface area contributed by atoms with Gasteiger partial charge < -0.3 is 5.32 Å². The molecule has 1 saturated carbocycles. The van der Waals surface area contributed by atoms with Gasteiger partial charge in [-0.3, -0.25) is 0 Å². The number of aryl methyl sites for hydroxylation is 2. The molecule has 0 aliphatic heterocycles. The molecule has 4 nitrogen and oxygen atoms in total. The van der Waals surface area contributed by atoms with E-state index < -0.39 is 10.0 Å². The minimum Gasteiger partial charge on any atom is -0.314 e. The molecule has 0 radical (unpaired) electrons. The minimum absolute atomic E-state index is 0.225. The maximum absolute atomic E-state index is 11.9. The van der Waals surface area contributed by atoms with Crippen LogP contribution >= 0.6 is 11.3 Å². The fraction of sp³-hybridized carbons (Fsp3) is 0.714. The molecule has 1 heterocycles. The van der Waals surface area contributed by atoms with E-state index in [1.165, 1.54) is 23.3 Å².